The number of nitrogens with zero attached hydrogens (tertiary/aromatic N) is 5. The van der Waals surface area contributed by atoms with Crippen LogP contribution < -0.4 is 9.47 Å². The summed E-state index contributed by atoms with van der Waals surface area (Å²) in [4.78, 5) is 10.3. The Kier molecular flexibility index (Phi) is 13.5. The Morgan fingerprint density at radius 1 is 0.712 bits per heavy atom. The molecule has 0 saturated heterocycles. The number of aromatic nitrogens is 3. The van der Waals surface area contributed by atoms with E-state index in [0.717, 1.165) is 61.3 Å². The molecule has 2 aromatic heterocycles. The predicted octanol–water partition coefficient (Wildman–Crippen LogP) is 10.8. The number of nitriles is 1. The maximum atomic E-state index is 9.48. The van der Waals surface area contributed by atoms with Crippen LogP contribution in [0.2, 0.25) is 0 Å². The molecule has 0 aliphatic rings. The van der Waals surface area contributed by atoms with Crippen molar-refractivity contribution in [3.05, 3.63) is 144 Å². The molecule has 7 aromatic rings. The number of hydrogen-bond acceptors (Lipinski definition) is 9. The Bertz CT molecular complexity index is 2430. The van der Waals surface area contributed by atoms with E-state index in [1.807, 2.05) is 72.8 Å². The minimum atomic E-state index is -1.61. The van der Waals surface area contributed by atoms with Crippen LogP contribution in [0.3, 0.4) is 0 Å². The first-order valence-corrected chi connectivity index (χ1v) is 21.3. The van der Waals surface area contributed by atoms with Gasteiger partial charge in [-0.1, -0.05) is 84.9 Å². The first kappa shape index (κ1) is 41.7. The molecule has 59 heavy (non-hydrogen) atoms. The van der Waals surface area contributed by atoms with Crippen molar-refractivity contribution in [3.8, 4) is 17.6 Å². The summed E-state index contributed by atoms with van der Waals surface area (Å²) in [6.07, 6.45) is 0.350. The van der Waals surface area contributed by atoms with E-state index in [1.165, 1.54) is 0 Å². The molecule has 0 aliphatic heterocycles. The van der Waals surface area contributed by atoms with E-state index in [1.54, 1.807) is 14.2 Å². The minimum Gasteiger partial charge on any atom is -0.497 e. The fourth-order valence-corrected chi connectivity index (χ4v) is 9.49. The van der Waals surface area contributed by atoms with Crippen LogP contribution in [0.1, 0.15) is 57.2 Å². The maximum Gasteiger partial charge on any atom is 0.259 e. The van der Waals surface area contributed by atoms with Gasteiger partial charge in [-0.15, -0.1) is 0 Å². The molecule has 0 spiro atoms. The number of methoxy groups -OCH3 is 2. The van der Waals surface area contributed by atoms with E-state index in [9.17, 15) is 5.26 Å². The lowest BCUT2D eigenvalue weighted by atomic mass is 9.80. The van der Waals surface area contributed by atoms with E-state index in [-0.39, 0.29) is 31.7 Å². The van der Waals surface area contributed by atoms with Gasteiger partial charge in [0.2, 0.25) is 0 Å². The molecule has 0 radical (unpaired) electrons. The Morgan fingerprint density at radius 3 is 1.86 bits per heavy atom. The van der Waals surface area contributed by atoms with Gasteiger partial charge in [0.25, 0.3) is 8.53 Å². The van der Waals surface area contributed by atoms with Gasteiger partial charge in [0.1, 0.15) is 22.6 Å². The number of hydrogen-bond donors (Lipinski definition) is 0. The zero-order valence-corrected chi connectivity index (χ0v) is 35.5. The molecule has 7 rings (SSSR count). The summed E-state index contributed by atoms with van der Waals surface area (Å²) in [5.41, 5.74) is 6.18. The van der Waals surface area contributed by atoms with Crippen molar-refractivity contribution in [2.45, 2.75) is 70.9 Å². The van der Waals surface area contributed by atoms with Crippen molar-refractivity contribution >= 4 is 41.6 Å². The minimum absolute atomic E-state index is 0.118. The highest BCUT2D eigenvalue weighted by molar-refractivity contribution is 7.44. The second-order valence-corrected chi connectivity index (χ2v) is 16.3. The maximum absolute atomic E-state index is 9.48. The molecule has 0 saturated carbocycles. The first-order valence-electron chi connectivity index (χ1n) is 20.1. The SMILES string of the molecule is COc1ccc(C(OC[C@H](CCn2c3ccccc3c3nc4ccccc4nc32)OP(OCCC#N)N(C(C)C)C(C)C)(c2ccccc2)c2ccc(OC)cc2)cc1. The normalized spacial score (nSPS) is 13.1. The largest absolute Gasteiger partial charge is 0.497 e. The quantitative estimate of drug-likeness (QED) is 0.0449. The highest BCUT2D eigenvalue weighted by atomic mass is 31.2. The number of rotatable bonds is 19. The molecule has 304 valence electrons. The van der Waals surface area contributed by atoms with Gasteiger partial charge in [0.05, 0.1) is 62.6 Å². The van der Waals surface area contributed by atoms with Gasteiger partial charge in [0.15, 0.2) is 5.65 Å². The first-order chi connectivity index (χ1) is 28.8. The molecule has 2 heterocycles. The van der Waals surface area contributed by atoms with Gasteiger partial charge in [-0.05, 0) is 93.3 Å². The van der Waals surface area contributed by atoms with Crippen molar-refractivity contribution in [2.75, 3.05) is 27.4 Å². The molecule has 5 aromatic carbocycles. The molecule has 0 fully saturated rings. The van der Waals surface area contributed by atoms with Gasteiger partial charge in [-0.2, -0.15) is 5.26 Å². The monoisotopic (exact) mass is 809 g/mol. The molecule has 10 nitrogen and oxygen atoms in total. The second kappa shape index (κ2) is 19.1. The Balaban J connectivity index is 1.34. The number of fused-ring (bicyclic) bond motifs is 4. The summed E-state index contributed by atoms with van der Waals surface area (Å²) in [7, 11) is 1.73. The molecule has 0 amide bonds. The average Bonchev–Trinajstić information content (AvgIpc) is 3.57. The number of ether oxygens (including phenoxy) is 3. The van der Waals surface area contributed by atoms with Crippen LogP contribution in [-0.4, -0.2) is 64.8 Å². The van der Waals surface area contributed by atoms with E-state index in [2.05, 4.69) is 97.6 Å². The van der Waals surface area contributed by atoms with Crippen LogP contribution in [0.5, 0.6) is 11.5 Å². The van der Waals surface area contributed by atoms with Crippen LogP contribution in [-0.2, 0) is 25.9 Å². The number of benzene rings is 5. The summed E-state index contributed by atoms with van der Waals surface area (Å²) in [6, 6.07) is 45.2. The van der Waals surface area contributed by atoms with Gasteiger partial charge >= 0.3 is 0 Å². The van der Waals surface area contributed by atoms with Crippen LogP contribution in [0.15, 0.2) is 127 Å². The lowest BCUT2D eigenvalue weighted by Crippen LogP contribution is -2.38. The van der Waals surface area contributed by atoms with Crippen LogP contribution in [0.25, 0.3) is 33.1 Å². The summed E-state index contributed by atoms with van der Waals surface area (Å²) < 4.78 is 36.9. The van der Waals surface area contributed by atoms with Gasteiger partial charge in [-0.25, -0.2) is 14.6 Å². The summed E-state index contributed by atoms with van der Waals surface area (Å²) in [5.74, 6) is 1.49. The van der Waals surface area contributed by atoms with E-state index >= 15 is 0 Å². The van der Waals surface area contributed by atoms with Gasteiger partial charge in [-0.3, -0.25) is 0 Å². The Labute approximate surface area is 348 Å². The molecular formula is C48H52N5O5P. The topological polar surface area (TPSA) is 104 Å². The Hall–Kier alpha value is -5.40. The van der Waals surface area contributed by atoms with E-state index < -0.39 is 20.2 Å². The molecule has 11 heteroatoms. The van der Waals surface area contributed by atoms with Crippen molar-refractivity contribution in [2.24, 2.45) is 0 Å². The zero-order valence-electron chi connectivity index (χ0n) is 34.6. The van der Waals surface area contributed by atoms with Gasteiger partial charge < -0.3 is 27.8 Å². The summed E-state index contributed by atoms with van der Waals surface area (Å²) in [5, 5.41) is 10.5. The van der Waals surface area contributed by atoms with Crippen molar-refractivity contribution in [1.29, 1.82) is 5.26 Å². The molecule has 0 aliphatic carbocycles. The lowest BCUT2D eigenvalue weighted by Gasteiger charge is -2.39. The number of aryl methyl sites for hydroxylation is 1. The van der Waals surface area contributed by atoms with Crippen molar-refractivity contribution in [3.63, 3.8) is 0 Å². The highest BCUT2D eigenvalue weighted by Crippen LogP contribution is 2.49. The Morgan fingerprint density at radius 2 is 1.27 bits per heavy atom. The standard InChI is InChI=1S/C48H52N5O5P/c1-34(2)53(35(3)4)59(57-32-14-30-49)58-41(29-31-52-45-20-13-10-17-42(45)46-47(52)51-44-19-12-11-18-43(44)50-46)33-56-48(36-15-8-7-9-16-36,37-21-25-39(54-5)26-22-37)38-23-27-40(55-6)28-24-38/h7-13,15-28,34-35,41H,14,29,31-33H2,1-6H3/t41-,59?/m0/s1. The fourth-order valence-electron chi connectivity index (χ4n) is 7.76. The van der Waals surface area contributed by atoms with E-state index in [4.69, 9.17) is 33.2 Å². The average molecular weight is 810 g/mol. The third-order valence-corrected chi connectivity index (χ3v) is 12.7. The summed E-state index contributed by atoms with van der Waals surface area (Å²) >= 11 is 0. The van der Waals surface area contributed by atoms with Crippen LogP contribution >= 0.6 is 8.53 Å². The second-order valence-electron chi connectivity index (χ2n) is 14.9. The third kappa shape index (κ3) is 8.96. The molecule has 0 bridgehead atoms. The predicted molar refractivity (Wildman–Crippen MR) is 236 cm³/mol. The molecule has 1 unspecified atom stereocenters. The zero-order chi connectivity index (χ0) is 41.4. The van der Waals surface area contributed by atoms with Crippen LogP contribution in [0, 0.1) is 11.3 Å². The van der Waals surface area contributed by atoms with Crippen LogP contribution in [0.4, 0.5) is 0 Å². The summed E-state index contributed by atoms with van der Waals surface area (Å²) in [6.45, 7) is 9.61. The van der Waals surface area contributed by atoms with Crippen molar-refractivity contribution in [1.82, 2.24) is 19.2 Å². The third-order valence-electron chi connectivity index (χ3n) is 10.5. The highest BCUT2D eigenvalue weighted by Gasteiger charge is 2.40. The molecule has 0 N–H and O–H groups in total. The molecule has 2 atom stereocenters. The number of para-hydroxylation sites is 3. The fraction of sp³-hybridized carbons (Fsp3) is 0.312. The lowest BCUT2D eigenvalue weighted by molar-refractivity contribution is -0.0370. The van der Waals surface area contributed by atoms with Crippen molar-refractivity contribution < 1.29 is 23.3 Å². The van der Waals surface area contributed by atoms with E-state index in [0.29, 0.717) is 13.0 Å². The molecular weight excluding hydrogens is 758 g/mol. The van der Waals surface area contributed by atoms with Gasteiger partial charge in [0, 0.05) is 24.0 Å². The smallest absolute Gasteiger partial charge is 0.259 e.